The number of hydrogen-bond donors (Lipinski definition) is 1. The smallest absolute Gasteiger partial charge is 0.0415 e. The van der Waals surface area contributed by atoms with Crippen LogP contribution in [0.1, 0.15) is 30.5 Å². The molecule has 0 bridgehead atoms. The molecule has 2 aromatic rings. The minimum absolute atomic E-state index is 0.103. The Labute approximate surface area is 119 Å². The maximum atomic E-state index is 6.16. The van der Waals surface area contributed by atoms with Gasteiger partial charge in [-0.3, -0.25) is 0 Å². The van der Waals surface area contributed by atoms with Crippen molar-refractivity contribution in [1.29, 1.82) is 0 Å². The van der Waals surface area contributed by atoms with Crippen molar-refractivity contribution < 1.29 is 0 Å². The van der Waals surface area contributed by atoms with Crippen LogP contribution >= 0.6 is 11.6 Å². The van der Waals surface area contributed by atoms with E-state index in [2.05, 4.69) is 54.7 Å². The van der Waals surface area contributed by atoms with E-state index in [1.54, 1.807) is 0 Å². The Morgan fingerprint density at radius 2 is 1.89 bits per heavy atom. The Balaban J connectivity index is 2.02. The van der Waals surface area contributed by atoms with E-state index in [9.17, 15) is 0 Å². The first kappa shape index (κ1) is 12.7. The molecule has 1 saturated heterocycles. The summed E-state index contributed by atoms with van der Waals surface area (Å²) in [5, 5.41) is 4.46. The lowest BCUT2D eigenvalue weighted by Crippen LogP contribution is -2.30. The van der Waals surface area contributed by atoms with Crippen molar-refractivity contribution >= 4 is 11.6 Å². The summed E-state index contributed by atoms with van der Waals surface area (Å²) < 4.78 is 0. The van der Waals surface area contributed by atoms with E-state index < -0.39 is 0 Å². The van der Waals surface area contributed by atoms with E-state index in [4.69, 9.17) is 11.6 Å². The molecule has 3 rings (SSSR count). The van der Waals surface area contributed by atoms with Gasteiger partial charge in [0.1, 0.15) is 0 Å². The number of rotatable bonds is 2. The van der Waals surface area contributed by atoms with E-state index in [-0.39, 0.29) is 5.41 Å². The molecule has 19 heavy (non-hydrogen) atoms. The first-order valence-electron chi connectivity index (χ1n) is 6.74. The molecular weight excluding hydrogens is 254 g/mol. The fraction of sp³-hybridized carbons (Fsp3) is 0.294. The molecule has 0 amide bonds. The Morgan fingerprint density at radius 3 is 2.63 bits per heavy atom. The van der Waals surface area contributed by atoms with E-state index in [0.29, 0.717) is 6.04 Å². The average Bonchev–Trinajstić information content (AvgIpc) is 2.83. The van der Waals surface area contributed by atoms with E-state index >= 15 is 0 Å². The zero-order valence-electron chi connectivity index (χ0n) is 11.1. The molecule has 0 spiro atoms. The predicted octanol–water partition coefficient (Wildman–Crippen LogP) is 4.33. The molecule has 1 N–H and O–H groups in total. The third-order valence-corrected chi connectivity index (χ3v) is 4.48. The lowest BCUT2D eigenvalue weighted by molar-refractivity contribution is 0.414. The molecule has 2 atom stereocenters. The van der Waals surface area contributed by atoms with Gasteiger partial charge in [0, 0.05) is 16.5 Å². The van der Waals surface area contributed by atoms with Crippen molar-refractivity contribution in [1.82, 2.24) is 5.32 Å². The van der Waals surface area contributed by atoms with Gasteiger partial charge < -0.3 is 5.32 Å². The van der Waals surface area contributed by atoms with Gasteiger partial charge in [-0.05, 0) is 36.2 Å². The highest BCUT2D eigenvalue weighted by molar-refractivity contribution is 6.30. The van der Waals surface area contributed by atoms with Crippen molar-refractivity contribution in [3.8, 4) is 0 Å². The quantitative estimate of drug-likeness (QED) is 0.857. The van der Waals surface area contributed by atoms with Crippen LogP contribution in [0.3, 0.4) is 0 Å². The molecule has 0 aliphatic carbocycles. The largest absolute Gasteiger partial charge is 0.309 e. The maximum Gasteiger partial charge on any atom is 0.0415 e. The van der Waals surface area contributed by atoms with Crippen LogP contribution in [0.25, 0.3) is 0 Å². The first-order chi connectivity index (χ1) is 9.20. The minimum Gasteiger partial charge on any atom is -0.309 e. The number of halogens is 1. The van der Waals surface area contributed by atoms with Gasteiger partial charge in [-0.2, -0.15) is 0 Å². The molecule has 1 aliphatic heterocycles. The molecular formula is C17H18ClN. The second-order valence-corrected chi connectivity index (χ2v) is 5.91. The molecule has 1 heterocycles. The fourth-order valence-electron chi connectivity index (χ4n) is 3.13. The minimum atomic E-state index is 0.103. The van der Waals surface area contributed by atoms with Crippen molar-refractivity contribution in [2.24, 2.45) is 0 Å². The van der Waals surface area contributed by atoms with Crippen LogP contribution in [0.4, 0.5) is 0 Å². The highest BCUT2D eigenvalue weighted by Crippen LogP contribution is 2.44. The third-order valence-electron chi connectivity index (χ3n) is 4.25. The van der Waals surface area contributed by atoms with Crippen LogP contribution in [0.5, 0.6) is 0 Å². The molecule has 2 heteroatoms. The zero-order chi connectivity index (χ0) is 13.3. The van der Waals surface area contributed by atoms with Gasteiger partial charge in [-0.1, -0.05) is 61.0 Å². The lowest BCUT2D eigenvalue weighted by atomic mass is 9.74. The number of hydrogen-bond acceptors (Lipinski definition) is 1. The van der Waals surface area contributed by atoms with Crippen molar-refractivity contribution in [2.45, 2.75) is 24.8 Å². The summed E-state index contributed by atoms with van der Waals surface area (Å²) >= 11 is 6.16. The maximum absolute atomic E-state index is 6.16. The van der Waals surface area contributed by atoms with E-state index in [1.165, 1.54) is 11.1 Å². The molecule has 1 fully saturated rings. The van der Waals surface area contributed by atoms with Gasteiger partial charge in [-0.25, -0.2) is 0 Å². The summed E-state index contributed by atoms with van der Waals surface area (Å²) in [6.07, 6.45) is 1.13. The number of benzene rings is 2. The van der Waals surface area contributed by atoms with Crippen LogP contribution in [-0.2, 0) is 5.41 Å². The van der Waals surface area contributed by atoms with Gasteiger partial charge in [0.05, 0.1) is 0 Å². The predicted molar refractivity (Wildman–Crippen MR) is 80.6 cm³/mol. The third kappa shape index (κ3) is 2.29. The molecule has 0 saturated carbocycles. The van der Waals surface area contributed by atoms with Crippen molar-refractivity contribution in [3.05, 3.63) is 70.7 Å². The molecule has 1 nitrogen and oxygen atoms in total. The highest BCUT2D eigenvalue weighted by Gasteiger charge is 2.40. The second kappa shape index (κ2) is 4.99. The lowest BCUT2D eigenvalue weighted by Gasteiger charge is -2.32. The zero-order valence-corrected chi connectivity index (χ0v) is 11.8. The monoisotopic (exact) mass is 271 g/mol. The van der Waals surface area contributed by atoms with Crippen molar-refractivity contribution in [3.63, 3.8) is 0 Å². The molecule has 2 aromatic carbocycles. The van der Waals surface area contributed by atoms with Crippen LogP contribution < -0.4 is 5.32 Å². The summed E-state index contributed by atoms with van der Waals surface area (Å²) in [4.78, 5) is 0. The van der Waals surface area contributed by atoms with Gasteiger partial charge in [0.2, 0.25) is 0 Å². The summed E-state index contributed by atoms with van der Waals surface area (Å²) in [6.45, 7) is 3.37. The highest BCUT2D eigenvalue weighted by atomic mass is 35.5. The molecule has 98 valence electrons. The Kier molecular flexibility index (Phi) is 3.34. The molecule has 2 unspecified atom stereocenters. The molecule has 1 aliphatic rings. The van der Waals surface area contributed by atoms with E-state index in [1.807, 2.05) is 12.1 Å². The summed E-state index contributed by atoms with van der Waals surface area (Å²) in [5.74, 6) is 0. The van der Waals surface area contributed by atoms with Crippen molar-refractivity contribution in [2.75, 3.05) is 6.54 Å². The second-order valence-electron chi connectivity index (χ2n) is 5.48. The van der Waals surface area contributed by atoms with Crippen LogP contribution in [0.15, 0.2) is 54.6 Å². The molecule has 0 radical (unpaired) electrons. The van der Waals surface area contributed by atoms with Crippen LogP contribution in [-0.4, -0.2) is 6.54 Å². The normalized spacial score (nSPS) is 26.5. The Hall–Kier alpha value is -1.31. The standard InChI is InChI=1S/C17H18ClN/c1-17(14-8-5-9-15(18)12-14)10-11-19-16(17)13-6-3-2-4-7-13/h2-9,12,16,19H,10-11H2,1H3. The Bertz CT molecular complexity index is 566. The summed E-state index contributed by atoms with van der Waals surface area (Å²) in [5.41, 5.74) is 2.77. The summed E-state index contributed by atoms with van der Waals surface area (Å²) in [6, 6.07) is 19.3. The topological polar surface area (TPSA) is 12.0 Å². The summed E-state index contributed by atoms with van der Waals surface area (Å²) in [7, 11) is 0. The Morgan fingerprint density at radius 1 is 1.11 bits per heavy atom. The first-order valence-corrected chi connectivity index (χ1v) is 7.12. The van der Waals surface area contributed by atoms with Gasteiger partial charge >= 0.3 is 0 Å². The fourth-order valence-corrected chi connectivity index (χ4v) is 3.32. The SMILES string of the molecule is CC1(c2cccc(Cl)c2)CCNC1c1ccccc1. The van der Waals surface area contributed by atoms with Gasteiger partial charge in [0.25, 0.3) is 0 Å². The average molecular weight is 272 g/mol. The van der Waals surface area contributed by atoms with Gasteiger partial charge in [0.15, 0.2) is 0 Å². The van der Waals surface area contributed by atoms with Crippen LogP contribution in [0.2, 0.25) is 5.02 Å². The van der Waals surface area contributed by atoms with E-state index in [0.717, 1.165) is 18.0 Å². The van der Waals surface area contributed by atoms with Crippen LogP contribution in [0, 0.1) is 0 Å². The number of nitrogens with one attached hydrogen (secondary N) is 1. The molecule has 0 aromatic heterocycles. The van der Waals surface area contributed by atoms with Gasteiger partial charge in [-0.15, -0.1) is 0 Å².